The Morgan fingerprint density at radius 2 is 2.13 bits per heavy atom. The fourth-order valence-corrected chi connectivity index (χ4v) is 1.94. The third-order valence-corrected chi connectivity index (χ3v) is 2.74. The molecule has 1 aromatic rings. The predicted octanol–water partition coefficient (Wildman–Crippen LogP) is 3.10. The molecule has 0 spiro atoms. The lowest BCUT2D eigenvalue weighted by Crippen LogP contribution is -2.00. The normalized spacial score (nSPS) is 9.93. The Morgan fingerprint density at radius 3 is 2.73 bits per heavy atom. The second-order valence-corrected chi connectivity index (χ2v) is 4.33. The summed E-state index contributed by atoms with van der Waals surface area (Å²) < 4.78 is 0. The molecule has 0 fully saturated rings. The maximum absolute atomic E-state index is 7.80. The van der Waals surface area contributed by atoms with Crippen molar-refractivity contribution < 1.29 is 0 Å². The first kappa shape index (κ1) is 11.8. The molecule has 80 valence electrons. The van der Waals surface area contributed by atoms with E-state index in [-0.39, 0.29) is 0 Å². The second-order valence-electron chi connectivity index (χ2n) is 3.23. The van der Waals surface area contributed by atoms with Gasteiger partial charge in [0.25, 0.3) is 0 Å². The number of thioether (sulfide) groups is 1. The second kappa shape index (κ2) is 5.56. The van der Waals surface area contributed by atoms with Gasteiger partial charge in [-0.3, -0.25) is 10.8 Å². The van der Waals surface area contributed by atoms with Crippen LogP contribution in [0.3, 0.4) is 0 Å². The van der Waals surface area contributed by atoms with Crippen molar-refractivity contribution in [1.82, 2.24) is 0 Å². The molecule has 15 heavy (non-hydrogen) atoms. The highest BCUT2D eigenvalue weighted by Crippen LogP contribution is 2.17. The van der Waals surface area contributed by atoms with Crippen molar-refractivity contribution in [3.8, 4) is 0 Å². The van der Waals surface area contributed by atoms with Crippen molar-refractivity contribution >= 4 is 27.5 Å². The average molecular weight is 221 g/mol. The number of rotatable bonds is 3. The molecule has 0 atom stereocenters. The van der Waals surface area contributed by atoms with E-state index in [4.69, 9.17) is 16.6 Å². The van der Waals surface area contributed by atoms with Gasteiger partial charge in [-0.15, -0.1) is 0 Å². The van der Waals surface area contributed by atoms with E-state index in [1.807, 2.05) is 19.1 Å². The lowest BCUT2D eigenvalue weighted by Gasteiger charge is -2.04. The van der Waals surface area contributed by atoms with E-state index in [0.29, 0.717) is 15.8 Å². The molecule has 4 heteroatoms. The summed E-state index contributed by atoms with van der Waals surface area (Å²) >= 11 is 1.20. The van der Waals surface area contributed by atoms with Crippen molar-refractivity contribution in [2.45, 2.75) is 19.8 Å². The summed E-state index contributed by atoms with van der Waals surface area (Å²) in [6, 6.07) is 7.21. The topological polar surface area (TPSA) is 73.7 Å². The molecule has 0 bridgehead atoms. The molecule has 0 saturated carbocycles. The monoisotopic (exact) mass is 221 g/mol. The van der Waals surface area contributed by atoms with E-state index in [1.54, 1.807) is 12.1 Å². The Bertz CT molecular complexity index is 374. The van der Waals surface area contributed by atoms with Crippen LogP contribution in [0.2, 0.25) is 0 Å². The third-order valence-electron chi connectivity index (χ3n) is 1.85. The molecule has 0 aliphatic rings. The summed E-state index contributed by atoms with van der Waals surface area (Å²) in [4.78, 5) is 0. The van der Waals surface area contributed by atoms with Gasteiger partial charge < -0.3 is 5.73 Å². The molecule has 1 rings (SSSR count). The summed E-state index contributed by atoms with van der Waals surface area (Å²) in [5.41, 5.74) is 7.06. The molecule has 0 radical (unpaired) electrons. The molecule has 0 aliphatic carbocycles. The number of hydrogen-bond acceptors (Lipinski definition) is 4. The minimum absolute atomic E-state index is 0.390. The van der Waals surface area contributed by atoms with Crippen LogP contribution in [0.5, 0.6) is 0 Å². The smallest absolute Gasteiger partial charge is 0.100 e. The first-order chi connectivity index (χ1) is 7.13. The molecule has 0 heterocycles. The number of anilines is 1. The highest BCUT2D eigenvalue weighted by Gasteiger charge is 2.05. The van der Waals surface area contributed by atoms with Gasteiger partial charge in [0.2, 0.25) is 0 Å². The number of nitrogens with one attached hydrogen (secondary N) is 2. The molecule has 1 aromatic carbocycles. The fraction of sp³-hybridized carbons (Fsp3) is 0.273. The van der Waals surface area contributed by atoms with Crippen LogP contribution in [0, 0.1) is 10.8 Å². The predicted molar refractivity (Wildman–Crippen MR) is 67.9 cm³/mol. The van der Waals surface area contributed by atoms with E-state index in [2.05, 4.69) is 0 Å². The zero-order chi connectivity index (χ0) is 11.3. The van der Waals surface area contributed by atoms with Gasteiger partial charge in [0.15, 0.2) is 0 Å². The van der Waals surface area contributed by atoms with E-state index >= 15 is 0 Å². The summed E-state index contributed by atoms with van der Waals surface area (Å²) in [5, 5.41) is 16.3. The van der Waals surface area contributed by atoms with Gasteiger partial charge in [0.05, 0.1) is 5.04 Å². The maximum Gasteiger partial charge on any atom is 0.100 e. The first-order valence-electron chi connectivity index (χ1n) is 4.83. The highest BCUT2D eigenvalue weighted by molar-refractivity contribution is 8.26. The van der Waals surface area contributed by atoms with Gasteiger partial charge in [-0.1, -0.05) is 37.2 Å². The van der Waals surface area contributed by atoms with Crippen molar-refractivity contribution in [2.75, 3.05) is 5.73 Å². The van der Waals surface area contributed by atoms with Gasteiger partial charge in [0, 0.05) is 11.3 Å². The lowest BCUT2D eigenvalue weighted by molar-refractivity contribution is 0.999. The molecule has 4 N–H and O–H groups in total. The van der Waals surface area contributed by atoms with Gasteiger partial charge in [-0.05, 0) is 18.6 Å². The average Bonchev–Trinajstić information content (AvgIpc) is 2.18. The van der Waals surface area contributed by atoms with Gasteiger partial charge in [0.1, 0.15) is 5.04 Å². The third kappa shape index (κ3) is 3.75. The zero-order valence-electron chi connectivity index (χ0n) is 8.71. The SMILES string of the molecule is CCCC(=N)SC(=N)c1cccc(N)c1. The minimum atomic E-state index is 0.390. The van der Waals surface area contributed by atoms with E-state index < -0.39 is 0 Å². The van der Waals surface area contributed by atoms with Crippen molar-refractivity contribution in [2.24, 2.45) is 0 Å². The quantitative estimate of drug-likeness (QED) is 0.417. The van der Waals surface area contributed by atoms with Crippen LogP contribution >= 0.6 is 11.8 Å². The van der Waals surface area contributed by atoms with Gasteiger partial charge in [-0.25, -0.2) is 0 Å². The van der Waals surface area contributed by atoms with E-state index in [0.717, 1.165) is 18.4 Å². The number of benzene rings is 1. The Labute approximate surface area is 94.1 Å². The van der Waals surface area contributed by atoms with Gasteiger partial charge >= 0.3 is 0 Å². The maximum atomic E-state index is 7.80. The van der Waals surface area contributed by atoms with Crippen LogP contribution in [-0.2, 0) is 0 Å². The van der Waals surface area contributed by atoms with Crippen molar-refractivity contribution in [3.05, 3.63) is 29.8 Å². The number of nitrogens with two attached hydrogens (primary N) is 1. The molecular formula is C11H15N3S. The Morgan fingerprint density at radius 1 is 1.40 bits per heavy atom. The van der Waals surface area contributed by atoms with E-state index in [1.165, 1.54) is 11.8 Å². The molecule has 0 amide bonds. The Hall–Kier alpha value is -1.29. The fourth-order valence-electron chi connectivity index (χ4n) is 1.14. The molecule has 0 aromatic heterocycles. The molecule has 0 saturated heterocycles. The highest BCUT2D eigenvalue weighted by atomic mass is 32.2. The largest absolute Gasteiger partial charge is 0.399 e. The van der Waals surface area contributed by atoms with Crippen LogP contribution in [0.25, 0.3) is 0 Å². The summed E-state index contributed by atoms with van der Waals surface area (Å²) in [6.45, 7) is 2.03. The Balaban J connectivity index is 2.65. The Kier molecular flexibility index (Phi) is 4.37. The van der Waals surface area contributed by atoms with Crippen LogP contribution in [0.4, 0.5) is 5.69 Å². The van der Waals surface area contributed by atoms with Crippen LogP contribution < -0.4 is 5.73 Å². The number of nitrogen functional groups attached to an aromatic ring is 1. The standard InChI is InChI=1S/C11H15N3S/c1-2-4-10(13)15-11(14)8-5-3-6-9(12)7-8/h3,5-7,13-14H,2,4,12H2,1H3. The lowest BCUT2D eigenvalue weighted by atomic mass is 10.2. The van der Waals surface area contributed by atoms with Crippen LogP contribution in [0.15, 0.2) is 24.3 Å². The molecular weight excluding hydrogens is 206 g/mol. The first-order valence-corrected chi connectivity index (χ1v) is 5.65. The zero-order valence-corrected chi connectivity index (χ0v) is 9.53. The van der Waals surface area contributed by atoms with Crippen molar-refractivity contribution in [3.63, 3.8) is 0 Å². The summed E-state index contributed by atoms with van der Waals surface area (Å²) in [5.74, 6) is 0. The van der Waals surface area contributed by atoms with Crippen molar-refractivity contribution in [1.29, 1.82) is 10.8 Å². The molecule has 0 aliphatic heterocycles. The number of hydrogen-bond donors (Lipinski definition) is 3. The molecule has 3 nitrogen and oxygen atoms in total. The van der Waals surface area contributed by atoms with E-state index in [9.17, 15) is 0 Å². The molecule has 0 unspecified atom stereocenters. The summed E-state index contributed by atoms with van der Waals surface area (Å²) in [7, 11) is 0. The minimum Gasteiger partial charge on any atom is -0.399 e. The van der Waals surface area contributed by atoms with Crippen LogP contribution in [-0.4, -0.2) is 10.1 Å². The van der Waals surface area contributed by atoms with Crippen LogP contribution in [0.1, 0.15) is 25.3 Å². The van der Waals surface area contributed by atoms with Gasteiger partial charge in [-0.2, -0.15) is 0 Å². The summed E-state index contributed by atoms with van der Waals surface area (Å²) in [6.07, 6.45) is 1.67.